The molecule has 3 aromatic heterocycles. The van der Waals surface area contributed by atoms with Gasteiger partial charge in [-0.1, -0.05) is 0 Å². The summed E-state index contributed by atoms with van der Waals surface area (Å²) in [5.74, 6) is 0.0272. The Morgan fingerprint density at radius 3 is 2.77 bits per heavy atom. The number of nitrogens with zero attached hydrogens (tertiary/aromatic N) is 1. The molecule has 0 unspecified atom stereocenters. The van der Waals surface area contributed by atoms with E-state index in [1.165, 1.54) is 21.1 Å². The van der Waals surface area contributed by atoms with E-state index in [0.29, 0.717) is 6.54 Å². The molecule has 0 spiro atoms. The van der Waals surface area contributed by atoms with Crippen molar-refractivity contribution >= 4 is 39.9 Å². The molecule has 114 valence electrons. The summed E-state index contributed by atoms with van der Waals surface area (Å²) in [5.41, 5.74) is 2.09. The first kappa shape index (κ1) is 15.4. The molecule has 1 amide bonds. The molecule has 0 saturated heterocycles. The lowest BCUT2D eigenvalue weighted by Gasteiger charge is -2.03. The van der Waals surface area contributed by atoms with Gasteiger partial charge in [0.15, 0.2) is 0 Å². The predicted molar refractivity (Wildman–Crippen MR) is 95.3 cm³/mol. The van der Waals surface area contributed by atoms with Gasteiger partial charge in [0.05, 0.1) is 20.5 Å². The van der Waals surface area contributed by atoms with Gasteiger partial charge in [0.1, 0.15) is 0 Å². The fourth-order valence-corrected chi connectivity index (χ4v) is 4.61. The van der Waals surface area contributed by atoms with Crippen molar-refractivity contribution in [2.75, 3.05) is 6.54 Å². The van der Waals surface area contributed by atoms with Crippen LogP contribution in [0.2, 0.25) is 0 Å². The van der Waals surface area contributed by atoms with E-state index in [0.717, 1.165) is 27.6 Å². The molecule has 0 fully saturated rings. The van der Waals surface area contributed by atoms with Gasteiger partial charge in [-0.25, -0.2) is 4.98 Å². The highest BCUT2D eigenvalue weighted by Gasteiger charge is 2.10. The van der Waals surface area contributed by atoms with Crippen LogP contribution in [-0.2, 0) is 6.42 Å². The summed E-state index contributed by atoms with van der Waals surface area (Å²) in [6, 6.07) is 6.21. The maximum Gasteiger partial charge on any atom is 0.261 e. The summed E-state index contributed by atoms with van der Waals surface area (Å²) in [5, 5.41) is 8.12. The second kappa shape index (κ2) is 6.73. The lowest BCUT2D eigenvalue weighted by molar-refractivity contribution is 0.0957. The molecule has 3 rings (SSSR count). The molecule has 3 aromatic rings. The first-order valence-electron chi connectivity index (χ1n) is 6.97. The van der Waals surface area contributed by atoms with E-state index in [2.05, 4.69) is 27.8 Å². The Kier molecular flexibility index (Phi) is 4.71. The molecular weight excluding hydrogens is 332 g/mol. The molecule has 6 heteroatoms. The number of rotatable bonds is 5. The molecule has 0 aliphatic rings. The first-order valence-corrected chi connectivity index (χ1v) is 9.54. The van der Waals surface area contributed by atoms with Crippen LogP contribution < -0.4 is 5.32 Å². The number of carbonyl (C=O) groups excluding carboxylic acids is 1. The van der Waals surface area contributed by atoms with Crippen LogP contribution in [0.5, 0.6) is 0 Å². The zero-order valence-corrected chi connectivity index (χ0v) is 14.8. The van der Waals surface area contributed by atoms with Crippen molar-refractivity contribution in [3.8, 4) is 10.6 Å². The number of amides is 1. The Morgan fingerprint density at radius 1 is 1.23 bits per heavy atom. The number of hydrogen-bond donors (Lipinski definition) is 1. The van der Waals surface area contributed by atoms with Crippen LogP contribution in [0.1, 0.15) is 25.1 Å². The fourth-order valence-electron chi connectivity index (χ4n) is 2.11. The SMILES string of the molecule is Cc1nc(-c2ccc(CCNC(=O)c3sccc3C)s2)cs1. The van der Waals surface area contributed by atoms with E-state index in [9.17, 15) is 4.79 Å². The average molecular weight is 349 g/mol. The molecule has 0 saturated carbocycles. The van der Waals surface area contributed by atoms with Gasteiger partial charge in [0.2, 0.25) is 0 Å². The van der Waals surface area contributed by atoms with Crippen molar-refractivity contribution < 1.29 is 4.79 Å². The van der Waals surface area contributed by atoms with Gasteiger partial charge >= 0.3 is 0 Å². The minimum Gasteiger partial charge on any atom is -0.351 e. The van der Waals surface area contributed by atoms with E-state index in [1.54, 1.807) is 22.7 Å². The summed E-state index contributed by atoms with van der Waals surface area (Å²) < 4.78 is 0. The minimum absolute atomic E-state index is 0.0272. The van der Waals surface area contributed by atoms with Crippen LogP contribution in [0.25, 0.3) is 10.6 Å². The fraction of sp³-hybridized carbons (Fsp3) is 0.250. The van der Waals surface area contributed by atoms with Crippen LogP contribution in [0.4, 0.5) is 0 Å². The second-order valence-electron chi connectivity index (χ2n) is 4.96. The third kappa shape index (κ3) is 3.45. The van der Waals surface area contributed by atoms with E-state index in [-0.39, 0.29) is 5.91 Å². The van der Waals surface area contributed by atoms with Crippen molar-refractivity contribution in [2.45, 2.75) is 20.3 Å². The molecule has 0 bridgehead atoms. The predicted octanol–water partition coefficient (Wildman–Crippen LogP) is 4.52. The largest absolute Gasteiger partial charge is 0.351 e. The van der Waals surface area contributed by atoms with Crippen LogP contribution in [0, 0.1) is 13.8 Å². The molecule has 0 aliphatic heterocycles. The number of nitrogens with one attached hydrogen (secondary N) is 1. The Morgan fingerprint density at radius 2 is 2.09 bits per heavy atom. The van der Waals surface area contributed by atoms with Crippen LogP contribution in [0.3, 0.4) is 0 Å². The first-order chi connectivity index (χ1) is 10.6. The van der Waals surface area contributed by atoms with Crippen molar-refractivity contribution in [3.05, 3.63) is 49.3 Å². The van der Waals surface area contributed by atoms with E-state index < -0.39 is 0 Å². The van der Waals surface area contributed by atoms with Gasteiger partial charge in [0, 0.05) is 16.8 Å². The maximum atomic E-state index is 12.0. The number of carbonyl (C=O) groups is 1. The van der Waals surface area contributed by atoms with Gasteiger partial charge in [-0.05, 0) is 49.4 Å². The van der Waals surface area contributed by atoms with Crippen molar-refractivity contribution in [1.82, 2.24) is 10.3 Å². The molecule has 22 heavy (non-hydrogen) atoms. The number of thiazole rings is 1. The maximum absolute atomic E-state index is 12.0. The summed E-state index contributed by atoms with van der Waals surface area (Å²) in [4.78, 5) is 19.8. The number of hydrogen-bond acceptors (Lipinski definition) is 5. The van der Waals surface area contributed by atoms with Crippen molar-refractivity contribution in [2.24, 2.45) is 0 Å². The van der Waals surface area contributed by atoms with Crippen molar-refractivity contribution in [3.63, 3.8) is 0 Å². The summed E-state index contributed by atoms with van der Waals surface area (Å²) in [7, 11) is 0. The lowest BCUT2D eigenvalue weighted by atomic mass is 10.2. The Bertz CT molecular complexity index is 785. The summed E-state index contributed by atoms with van der Waals surface area (Å²) >= 11 is 4.91. The zero-order valence-electron chi connectivity index (χ0n) is 12.4. The molecule has 0 radical (unpaired) electrons. The molecule has 0 aliphatic carbocycles. The van der Waals surface area contributed by atoms with E-state index >= 15 is 0 Å². The smallest absolute Gasteiger partial charge is 0.261 e. The molecule has 0 atom stereocenters. The van der Waals surface area contributed by atoms with Gasteiger partial charge in [-0.3, -0.25) is 4.79 Å². The Balaban J connectivity index is 1.55. The molecular formula is C16H16N2OS3. The van der Waals surface area contributed by atoms with E-state index in [1.807, 2.05) is 25.3 Å². The topological polar surface area (TPSA) is 42.0 Å². The number of aryl methyl sites for hydroxylation is 2. The Hall–Kier alpha value is -1.50. The standard InChI is InChI=1S/C16H16N2OS3/c1-10-6-8-20-15(10)16(19)17-7-5-12-3-4-14(22-12)13-9-21-11(2)18-13/h3-4,6,8-9H,5,7H2,1-2H3,(H,17,19). The normalized spacial score (nSPS) is 10.8. The molecule has 3 nitrogen and oxygen atoms in total. The van der Waals surface area contributed by atoms with Gasteiger partial charge in [0.25, 0.3) is 5.91 Å². The highest BCUT2D eigenvalue weighted by atomic mass is 32.1. The van der Waals surface area contributed by atoms with Crippen LogP contribution in [-0.4, -0.2) is 17.4 Å². The number of aromatic nitrogens is 1. The number of thiophene rings is 2. The highest BCUT2D eigenvalue weighted by Crippen LogP contribution is 2.29. The summed E-state index contributed by atoms with van der Waals surface area (Å²) in [6.45, 7) is 4.64. The van der Waals surface area contributed by atoms with Crippen LogP contribution >= 0.6 is 34.0 Å². The summed E-state index contributed by atoms with van der Waals surface area (Å²) in [6.07, 6.45) is 0.851. The highest BCUT2D eigenvalue weighted by molar-refractivity contribution is 7.16. The molecule has 3 heterocycles. The van der Waals surface area contributed by atoms with Gasteiger partial charge in [-0.15, -0.1) is 34.0 Å². The quantitative estimate of drug-likeness (QED) is 0.736. The monoisotopic (exact) mass is 348 g/mol. The second-order valence-corrected chi connectivity index (χ2v) is 8.10. The van der Waals surface area contributed by atoms with Gasteiger partial charge in [-0.2, -0.15) is 0 Å². The molecule has 0 aromatic carbocycles. The minimum atomic E-state index is 0.0272. The Labute approximate surface area is 141 Å². The van der Waals surface area contributed by atoms with E-state index in [4.69, 9.17) is 0 Å². The third-order valence-electron chi connectivity index (χ3n) is 3.26. The van der Waals surface area contributed by atoms with Crippen molar-refractivity contribution in [1.29, 1.82) is 0 Å². The van der Waals surface area contributed by atoms with Crippen LogP contribution in [0.15, 0.2) is 29.0 Å². The lowest BCUT2D eigenvalue weighted by Crippen LogP contribution is -2.25. The third-order valence-corrected chi connectivity index (χ3v) is 6.21. The average Bonchev–Trinajstić information content (AvgIpc) is 3.19. The zero-order chi connectivity index (χ0) is 15.5. The van der Waals surface area contributed by atoms with Gasteiger partial charge < -0.3 is 5.32 Å². The molecule has 1 N–H and O–H groups in total.